The van der Waals surface area contributed by atoms with E-state index in [4.69, 9.17) is 16.0 Å². The molecule has 0 fully saturated rings. The normalized spacial score (nSPS) is 12.1. The molecule has 0 amide bonds. The van der Waals surface area contributed by atoms with Gasteiger partial charge in [0.15, 0.2) is 0 Å². The molecule has 0 aliphatic rings. The van der Waals surface area contributed by atoms with Gasteiger partial charge in [-0.15, -0.1) is 0 Å². The summed E-state index contributed by atoms with van der Waals surface area (Å²) in [7, 11) is 0. The highest BCUT2D eigenvalue weighted by molar-refractivity contribution is 6.31. The molecule has 0 aliphatic carbocycles. The molecule has 0 radical (unpaired) electrons. The third kappa shape index (κ3) is 4.11. The summed E-state index contributed by atoms with van der Waals surface area (Å²) in [4.78, 5) is 0. The maximum atomic E-state index is 5.98. The molecule has 0 saturated heterocycles. The number of aryl methyl sites for hydroxylation is 1. The van der Waals surface area contributed by atoms with Crippen LogP contribution in [0.2, 0.25) is 5.02 Å². The van der Waals surface area contributed by atoms with Crippen LogP contribution in [0.15, 0.2) is 22.9 Å². The van der Waals surface area contributed by atoms with Gasteiger partial charge < -0.3 is 9.73 Å². The lowest BCUT2D eigenvalue weighted by atomic mass is 10.1. The lowest BCUT2D eigenvalue weighted by Gasteiger charge is -2.19. The van der Waals surface area contributed by atoms with Gasteiger partial charge in [-0.1, -0.05) is 11.6 Å². The number of nitrogens with one attached hydrogen (secondary N) is 1. The average molecular weight is 282 g/mol. The van der Waals surface area contributed by atoms with Crippen molar-refractivity contribution in [1.82, 2.24) is 15.1 Å². The summed E-state index contributed by atoms with van der Waals surface area (Å²) in [6.45, 7) is 9.71. The summed E-state index contributed by atoms with van der Waals surface area (Å²) >= 11 is 5.98. The van der Waals surface area contributed by atoms with Crippen molar-refractivity contribution in [1.29, 1.82) is 0 Å². The predicted molar refractivity (Wildman–Crippen MR) is 76.4 cm³/mol. The van der Waals surface area contributed by atoms with Crippen LogP contribution >= 0.6 is 11.6 Å². The first kappa shape index (κ1) is 14.2. The van der Waals surface area contributed by atoms with E-state index in [1.807, 2.05) is 19.2 Å². The molecule has 2 rings (SSSR count). The fourth-order valence-electron chi connectivity index (χ4n) is 1.70. The van der Waals surface area contributed by atoms with E-state index in [1.165, 1.54) is 0 Å². The van der Waals surface area contributed by atoms with E-state index >= 15 is 0 Å². The Hall–Kier alpha value is -1.26. The highest BCUT2D eigenvalue weighted by Gasteiger charge is 2.10. The first-order valence-electron chi connectivity index (χ1n) is 6.34. The number of halogens is 1. The molecule has 1 N–H and O–H groups in total. The van der Waals surface area contributed by atoms with Gasteiger partial charge in [-0.3, -0.25) is 4.68 Å². The monoisotopic (exact) mass is 281 g/mol. The summed E-state index contributed by atoms with van der Waals surface area (Å²) in [5.41, 5.74) is 2.08. The molecule has 0 spiro atoms. The van der Waals surface area contributed by atoms with E-state index in [-0.39, 0.29) is 5.54 Å². The molecule has 0 aromatic carbocycles. The van der Waals surface area contributed by atoms with Gasteiger partial charge in [0.2, 0.25) is 0 Å². The van der Waals surface area contributed by atoms with Gasteiger partial charge in [0.25, 0.3) is 0 Å². The molecule has 5 heteroatoms. The zero-order chi connectivity index (χ0) is 14.0. The van der Waals surface area contributed by atoms with E-state index < -0.39 is 0 Å². The van der Waals surface area contributed by atoms with Gasteiger partial charge in [-0.05, 0) is 33.8 Å². The van der Waals surface area contributed by atoms with E-state index in [9.17, 15) is 0 Å². The molecule has 0 atom stereocenters. The van der Waals surface area contributed by atoms with E-state index in [0.717, 1.165) is 23.6 Å². The second-order valence-electron chi connectivity index (χ2n) is 5.78. The van der Waals surface area contributed by atoms with Crippen molar-refractivity contribution in [3.05, 3.63) is 40.6 Å². The lowest BCUT2D eigenvalue weighted by Crippen LogP contribution is -2.34. The van der Waals surface area contributed by atoms with Crippen LogP contribution in [0.5, 0.6) is 0 Å². The van der Waals surface area contributed by atoms with Crippen LogP contribution in [0.4, 0.5) is 0 Å². The minimum Gasteiger partial charge on any atom is -0.467 e. The minimum absolute atomic E-state index is 0.101. The van der Waals surface area contributed by atoms with Crippen molar-refractivity contribution in [2.24, 2.45) is 0 Å². The fraction of sp³-hybridized carbons (Fsp3) is 0.500. The number of aromatic nitrogens is 2. The van der Waals surface area contributed by atoms with Gasteiger partial charge >= 0.3 is 0 Å². The lowest BCUT2D eigenvalue weighted by molar-refractivity contribution is 0.422. The molecule has 4 nitrogen and oxygen atoms in total. The Bertz CT molecular complexity index is 532. The number of rotatable bonds is 4. The van der Waals surface area contributed by atoms with Crippen LogP contribution in [0.25, 0.3) is 0 Å². The first-order chi connectivity index (χ1) is 8.83. The smallest absolute Gasteiger partial charge is 0.125 e. The third-order valence-corrected chi connectivity index (χ3v) is 3.11. The predicted octanol–water partition coefficient (Wildman–Crippen LogP) is 3.37. The highest BCUT2D eigenvalue weighted by atomic mass is 35.5. The van der Waals surface area contributed by atoms with Crippen molar-refractivity contribution in [2.45, 2.75) is 46.3 Å². The van der Waals surface area contributed by atoms with E-state index in [1.54, 1.807) is 10.9 Å². The minimum atomic E-state index is 0.101. The molecule has 19 heavy (non-hydrogen) atoms. The second-order valence-corrected chi connectivity index (χ2v) is 6.19. The fourth-order valence-corrected chi connectivity index (χ4v) is 1.85. The molecule has 2 aromatic rings. The standard InChI is InChI=1S/C14H20ClN3O/c1-10-13(15)8-18(17-10)7-12-5-11(9-19-12)6-16-14(2,3)4/h5,8-9,16H,6-7H2,1-4H3. The Balaban J connectivity index is 1.97. The molecule has 0 aliphatic heterocycles. The third-order valence-electron chi connectivity index (χ3n) is 2.74. The van der Waals surface area contributed by atoms with Gasteiger partial charge in [-0.25, -0.2) is 0 Å². The van der Waals surface area contributed by atoms with Gasteiger partial charge in [0, 0.05) is 23.8 Å². The molecule has 0 saturated carbocycles. The average Bonchev–Trinajstić information content (AvgIpc) is 2.84. The van der Waals surface area contributed by atoms with Crippen LogP contribution < -0.4 is 5.32 Å². The molecule has 0 bridgehead atoms. The van der Waals surface area contributed by atoms with E-state index in [0.29, 0.717) is 11.6 Å². The molecule has 104 valence electrons. The van der Waals surface area contributed by atoms with Crippen molar-refractivity contribution in [2.75, 3.05) is 0 Å². The van der Waals surface area contributed by atoms with Gasteiger partial charge in [0.1, 0.15) is 5.76 Å². The van der Waals surface area contributed by atoms with Crippen LogP contribution in [0.1, 0.15) is 37.8 Å². The number of hydrogen-bond donors (Lipinski definition) is 1. The maximum Gasteiger partial charge on any atom is 0.125 e. The van der Waals surface area contributed by atoms with Crippen molar-refractivity contribution in [3.63, 3.8) is 0 Å². The van der Waals surface area contributed by atoms with E-state index in [2.05, 4.69) is 31.2 Å². The molecule has 0 unspecified atom stereocenters. The Morgan fingerprint density at radius 3 is 2.74 bits per heavy atom. The Labute approximate surface area is 118 Å². The van der Waals surface area contributed by atoms with Crippen molar-refractivity contribution in [3.8, 4) is 0 Å². The second kappa shape index (κ2) is 5.39. The largest absolute Gasteiger partial charge is 0.467 e. The van der Waals surface area contributed by atoms with Crippen LogP contribution in [0.3, 0.4) is 0 Å². The highest BCUT2D eigenvalue weighted by Crippen LogP contribution is 2.15. The Kier molecular flexibility index (Phi) is 4.02. The zero-order valence-corrected chi connectivity index (χ0v) is 12.6. The first-order valence-corrected chi connectivity index (χ1v) is 6.72. The number of hydrogen-bond acceptors (Lipinski definition) is 3. The van der Waals surface area contributed by atoms with Crippen molar-refractivity contribution < 1.29 is 4.42 Å². The zero-order valence-electron chi connectivity index (χ0n) is 11.8. The summed E-state index contributed by atoms with van der Waals surface area (Å²) in [6.07, 6.45) is 3.60. The number of furan rings is 1. The van der Waals surface area contributed by atoms with Crippen LogP contribution in [0, 0.1) is 6.92 Å². The summed E-state index contributed by atoms with van der Waals surface area (Å²) in [6, 6.07) is 2.05. The van der Waals surface area contributed by atoms with Gasteiger partial charge in [0.05, 0.1) is 23.5 Å². The molecular formula is C14H20ClN3O. The summed E-state index contributed by atoms with van der Waals surface area (Å²) in [5, 5.41) is 8.42. The summed E-state index contributed by atoms with van der Waals surface area (Å²) in [5.74, 6) is 0.880. The van der Waals surface area contributed by atoms with Crippen LogP contribution in [-0.4, -0.2) is 15.3 Å². The topological polar surface area (TPSA) is 43.0 Å². The molecular weight excluding hydrogens is 262 g/mol. The Morgan fingerprint density at radius 1 is 1.42 bits per heavy atom. The van der Waals surface area contributed by atoms with Gasteiger partial charge in [-0.2, -0.15) is 5.10 Å². The van der Waals surface area contributed by atoms with Crippen molar-refractivity contribution >= 4 is 11.6 Å². The maximum absolute atomic E-state index is 5.98. The number of nitrogens with zero attached hydrogens (tertiary/aromatic N) is 2. The summed E-state index contributed by atoms with van der Waals surface area (Å²) < 4.78 is 7.33. The molecule has 2 heterocycles. The quantitative estimate of drug-likeness (QED) is 0.934. The SMILES string of the molecule is Cc1nn(Cc2cc(CNC(C)(C)C)co2)cc1Cl. The van der Waals surface area contributed by atoms with Crippen LogP contribution in [-0.2, 0) is 13.1 Å². The molecule has 2 aromatic heterocycles. The Morgan fingerprint density at radius 2 is 2.16 bits per heavy atom.